The molecule has 206 valence electrons. The molecule has 3 aromatic carbocycles. The van der Waals surface area contributed by atoms with Gasteiger partial charge in [0.2, 0.25) is 10.0 Å². The highest BCUT2D eigenvalue weighted by atomic mass is 32.2. The Morgan fingerprint density at radius 1 is 1.05 bits per heavy atom. The van der Waals surface area contributed by atoms with Gasteiger partial charge in [-0.15, -0.1) is 0 Å². The molecule has 0 radical (unpaired) electrons. The summed E-state index contributed by atoms with van der Waals surface area (Å²) in [5.74, 6) is -1.01. The van der Waals surface area contributed by atoms with Crippen molar-refractivity contribution in [3.05, 3.63) is 84.3 Å². The Morgan fingerprint density at radius 2 is 1.77 bits per heavy atom. The smallest absolute Gasteiger partial charge is 0.246 e. The zero-order valence-electron chi connectivity index (χ0n) is 21.9. The van der Waals surface area contributed by atoms with Crippen LogP contribution in [-0.2, 0) is 16.6 Å². The molecule has 0 unspecified atom stereocenters. The molecule has 0 aliphatic rings. The van der Waals surface area contributed by atoms with Crippen LogP contribution in [0.5, 0.6) is 17.2 Å². The molecule has 1 aromatic heterocycles. The molecular formula is C28H31FN4O5S. The zero-order chi connectivity index (χ0) is 28.2. The molecule has 0 aliphatic heterocycles. The van der Waals surface area contributed by atoms with Crippen molar-refractivity contribution in [3.8, 4) is 34.2 Å². The highest BCUT2D eigenvalue weighted by molar-refractivity contribution is 7.89. The number of hydrogen-bond acceptors (Lipinski definition) is 7. The van der Waals surface area contributed by atoms with Crippen molar-refractivity contribution >= 4 is 10.0 Å². The van der Waals surface area contributed by atoms with E-state index in [2.05, 4.69) is 10.4 Å². The van der Waals surface area contributed by atoms with Gasteiger partial charge in [0.1, 0.15) is 40.3 Å². The second-order valence-corrected chi connectivity index (χ2v) is 11.3. The summed E-state index contributed by atoms with van der Waals surface area (Å²) < 4.78 is 49.9. The molecule has 0 amide bonds. The van der Waals surface area contributed by atoms with E-state index in [9.17, 15) is 23.0 Å². The Balaban J connectivity index is 1.64. The fourth-order valence-corrected chi connectivity index (χ4v) is 5.30. The molecule has 0 atom stereocenters. The third-order valence-electron chi connectivity index (χ3n) is 6.04. The van der Waals surface area contributed by atoms with Gasteiger partial charge in [0.25, 0.3) is 0 Å². The Kier molecular flexibility index (Phi) is 8.54. The first-order chi connectivity index (χ1) is 18.6. The van der Waals surface area contributed by atoms with Crippen LogP contribution in [0.4, 0.5) is 4.39 Å². The number of phenols is 2. The Labute approximate surface area is 227 Å². The van der Waals surface area contributed by atoms with Crippen molar-refractivity contribution in [2.75, 3.05) is 20.2 Å². The van der Waals surface area contributed by atoms with Gasteiger partial charge in [0.05, 0.1) is 11.9 Å². The van der Waals surface area contributed by atoms with Gasteiger partial charge in [-0.3, -0.25) is 0 Å². The molecule has 0 saturated carbocycles. The zero-order valence-corrected chi connectivity index (χ0v) is 22.7. The predicted molar refractivity (Wildman–Crippen MR) is 146 cm³/mol. The first-order valence-electron chi connectivity index (χ1n) is 12.3. The van der Waals surface area contributed by atoms with Crippen LogP contribution in [0, 0.1) is 5.82 Å². The number of aromatic nitrogens is 2. The van der Waals surface area contributed by atoms with Crippen molar-refractivity contribution in [2.24, 2.45) is 0 Å². The van der Waals surface area contributed by atoms with E-state index in [1.807, 2.05) is 13.8 Å². The van der Waals surface area contributed by atoms with Crippen LogP contribution in [0.3, 0.4) is 0 Å². The van der Waals surface area contributed by atoms with Crippen molar-refractivity contribution in [2.45, 2.75) is 31.3 Å². The van der Waals surface area contributed by atoms with Gasteiger partial charge in [-0.2, -0.15) is 9.40 Å². The minimum Gasteiger partial charge on any atom is -0.507 e. The Morgan fingerprint density at radius 3 is 2.51 bits per heavy atom. The lowest BCUT2D eigenvalue weighted by Crippen LogP contribution is -2.28. The van der Waals surface area contributed by atoms with Gasteiger partial charge in [-0.25, -0.2) is 17.5 Å². The summed E-state index contributed by atoms with van der Waals surface area (Å²) in [5, 5.41) is 28.6. The fraction of sp³-hybridized carbons (Fsp3) is 0.250. The van der Waals surface area contributed by atoms with Gasteiger partial charge in [-0.1, -0.05) is 44.2 Å². The number of aromatic hydroxyl groups is 2. The van der Waals surface area contributed by atoms with Crippen LogP contribution in [0.25, 0.3) is 16.9 Å². The van der Waals surface area contributed by atoms with E-state index < -0.39 is 26.5 Å². The number of nitrogens with zero attached hydrogens (tertiary/aromatic N) is 3. The summed E-state index contributed by atoms with van der Waals surface area (Å²) in [6.07, 6.45) is 1.40. The van der Waals surface area contributed by atoms with Crippen molar-refractivity contribution in [3.63, 3.8) is 0 Å². The molecule has 0 spiro atoms. The second kappa shape index (κ2) is 11.9. The number of sulfonamides is 1. The SMILES string of the molecule is CC(C)NCCOc1ccccc1CN(C)S(=O)(=O)c1cc(-c2ccnn2-c2ccccc2F)c(O)cc1O. The fourth-order valence-electron chi connectivity index (χ4n) is 4.07. The summed E-state index contributed by atoms with van der Waals surface area (Å²) in [4.78, 5) is -0.418. The van der Waals surface area contributed by atoms with Crippen LogP contribution < -0.4 is 10.1 Å². The number of rotatable bonds is 11. The van der Waals surface area contributed by atoms with Gasteiger partial charge < -0.3 is 20.3 Å². The number of benzene rings is 3. The second-order valence-electron chi connectivity index (χ2n) is 9.24. The number of halogens is 1. The van der Waals surface area contributed by atoms with Crippen LogP contribution in [-0.4, -0.2) is 59.0 Å². The molecule has 3 N–H and O–H groups in total. The third kappa shape index (κ3) is 6.22. The third-order valence-corrected chi connectivity index (χ3v) is 7.88. The average Bonchev–Trinajstić information content (AvgIpc) is 3.37. The lowest BCUT2D eigenvalue weighted by Gasteiger charge is -2.21. The maximum absolute atomic E-state index is 14.5. The summed E-state index contributed by atoms with van der Waals surface area (Å²) in [6.45, 7) is 5.08. The molecule has 39 heavy (non-hydrogen) atoms. The summed E-state index contributed by atoms with van der Waals surface area (Å²) in [5.41, 5.74) is 1.06. The summed E-state index contributed by atoms with van der Waals surface area (Å²) >= 11 is 0. The van der Waals surface area contributed by atoms with Crippen molar-refractivity contribution in [1.29, 1.82) is 0 Å². The lowest BCUT2D eigenvalue weighted by atomic mass is 10.1. The van der Waals surface area contributed by atoms with Crippen LogP contribution >= 0.6 is 0 Å². The monoisotopic (exact) mass is 554 g/mol. The van der Waals surface area contributed by atoms with Crippen LogP contribution in [0.2, 0.25) is 0 Å². The molecular weight excluding hydrogens is 523 g/mol. The molecule has 0 aliphatic carbocycles. The molecule has 0 saturated heterocycles. The molecule has 0 fully saturated rings. The first-order valence-corrected chi connectivity index (χ1v) is 13.8. The van der Waals surface area contributed by atoms with Gasteiger partial charge in [-0.05, 0) is 30.3 Å². The van der Waals surface area contributed by atoms with E-state index in [1.54, 1.807) is 30.3 Å². The van der Waals surface area contributed by atoms with E-state index in [1.165, 1.54) is 42.2 Å². The minimum atomic E-state index is -4.24. The standard InChI is InChI=1S/C28H31FN4O5S/c1-19(2)30-14-15-38-27-11-7-4-8-20(27)18-32(3)39(36,37)28-16-21(25(34)17-26(28)35)23-12-13-31-33(23)24-10-6-5-9-22(24)29/h4-13,16-17,19,30,34-35H,14-15,18H2,1-3H3. The number of phenolic OH excluding ortho intramolecular Hbond substituents is 2. The maximum atomic E-state index is 14.5. The minimum absolute atomic E-state index is 0.0288. The molecule has 4 aromatic rings. The summed E-state index contributed by atoms with van der Waals surface area (Å²) in [7, 11) is -2.85. The van der Waals surface area contributed by atoms with Crippen molar-refractivity contribution in [1.82, 2.24) is 19.4 Å². The van der Waals surface area contributed by atoms with Gasteiger partial charge in [0.15, 0.2) is 0 Å². The van der Waals surface area contributed by atoms with E-state index in [4.69, 9.17) is 4.74 Å². The van der Waals surface area contributed by atoms with Crippen LogP contribution in [0.1, 0.15) is 19.4 Å². The number of nitrogens with one attached hydrogen (secondary N) is 1. The first kappa shape index (κ1) is 28.1. The van der Waals surface area contributed by atoms with E-state index >= 15 is 0 Å². The lowest BCUT2D eigenvalue weighted by molar-refractivity contribution is 0.303. The Bertz CT molecular complexity index is 1560. The van der Waals surface area contributed by atoms with E-state index in [0.29, 0.717) is 30.5 Å². The number of ether oxygens (including phenoxy) is 1. The summed E-state index contributed by atoms with van der Waals surface area (Å²) in [6, 6.07) is 17.0. The quantitative estimate of drug-likeness (QED) is 0.237. The molecule has 0 bridgehead atoms. The average molecular weight is 555 g/mol. The Hall–Kier alpha value is -3.93. The van der Waals surface area contributed by atoms with E-state index in [0.717, 1.165) is 16.4 Å². The van der Waals surface area contributed by atoms with Crippen LogP contribution in [0.15, 0.2) is 77.8 Å². The maximum Gasteiger partial charge on any atom is 0.246 e. The topological polar surface area (TPSA) is 117 Å². The normalized spacial score (nSPS) is 11.8. The van der Waals surface area contributed by atoms with Gasteiger partial charge >= 0.3 is 0 Å². The predicted octanol–water partition coefficient (Wildman–Crippen LogP) is 4.29. The largest absolute Gasteiger partial charge is 0.507 e. The van der Waals surface area contributed by atoms with Crippen molar-refractivity contribution < 1.29 is 27.8 Å². The molecule has 1 heterocycles. The highest BCUT2D eigenvalue weighted by Crippen LogP contribution is 2.39. The van der Waals surface area contributed by atoms with E-state index in [-0.39, 0.29) is 29.2 Å². The highest BCUT2D eigenvalue weighted by Gasteiger charge is 2.28. The number of hydrogen-bond donors (Lipinski definition) is 3. The molecule has 9 nitrogen and oxygen atoms in total. The number of para-hydroxylation sites is 2. The molecule has 4 rings (SSSR count). The molecule has 11 heteroatoms. The van der Waals surface area contributed by atoms with Gasteiger partial charge in [0, 0.05) is 43.4 Å².